The third kappa shape index (κ3) is 3.88. The van der Waals surface area contributed by atoms with E-state index in [1.54, 1.807) is 12.1 Å². The quantitative estimate of drug-likeness (QED) is 0.723. The minimum Gasteiger partial charge on any atom is -0.492 e. The average Bonchev–Trinajstić information content (AvgIpc) is 3.06. The first-order valence-corrected chi connectivity index (χ1v) is 8.11. The van der Waals surface area contributed by atoms with Gasteiger partial charge in [-0.25, -0.2) is 9.07 Å². The number of nitriles is 1. The topological polar surface area (TPSA) is 106 Å². The predicted octanol–water partition coefficient (Wildman–Crippen LogP) is 3.12. The number of ether oxygens (including phenoxy) is 1. The molecule has 0 saturated carbocycles. The third-order valence-corrected chi connectivity index (χ3v) is 3.70. The number of aromatic nitrogens is 2. The number of nitrogens with two attached hydrogens (primary N) is 1. The number of nitrogen functional groups attached to an aromatic ring is 1. The maximum atomic E-state index is 13.1. The minimum absolute atomic E-state index is 0.0710. The lowest BCUT2D eigenvalue weighted by Gasteiger charge is -2.11. The fourth-order valence-electron chi connectivity index (χ4n) is 2.46. The summed E-state index contributed by atoms with van der Waals surface area (Å²) < 4.78 is 19.9. The molecule has 0 unspecified atom stereocenters. The Balaban J connectivity index is 1.88. The number of benzene rings is 2. The summed E-state index contributed by atoms with van der Waals surface area (Å²) >= 11 is 0. The zero-order valence-corrected chi connectivity index (χ0v) is 14.4. The summed E-state index contributed by atoms with van der Waals surface area (Å²) in [4.78, 5) is 12.6. The van der Waals surface area contributed by atoms with Crippen molar-refractivity contribution < 1.29 is 13.9 Å². The smallest absolute Gasteiger partial charge is 0.276 e. The van der Waals surface area contributed by atoms with Gasteiger partial charge in [0, 0.05) is 6.07 Å². The molecular formula is C19H16FN5O2. The molecule has 0 radical (unpaired) electrons. The molecule has 136 valence electrons. The van der Waals surface area contributed by atoms with Crippen molar-refractivity contribution in [2.24, 2.45) is 0 Å². The van der Waals surface area contributed by atoms with Crippen molar-refractivity contribution in [1.82, 2.24) is 9.78 Å². The average molecular weight is 365 g/mol. The lowest BCUT2D eigenvalue weighted by molar-refractivity contribution is 0.102. The standard InChI is InChI=1S/C19H16FN5O2/c1-2-27-17-8-3-12(11-21)9-15(17)23-19(26)16-10-18(22)25(24-16)14-6-4-13(20)5-7-14/h3-10H,2,22H2,1H3,(H,23,26). The van der Waals surface area contributed by atoms with Gasteiger partial charge in [0.15, 0.2) is 5.69 Å². The number of nitrogens with one attached hydrogen (secondary N) is 1. The Labute approximate surface area is 154 Å². The summed E-state index contributed by atoms with van der Waals surface area (Å²) in [6, 6.07) is 13.7. The highest BCUT2D eigenvalue weighted by atomic mass is 19.1. The molecule has 0 spiro atoms. The van der Waals surface area contributed by atoms with Gasteiger partial charge in [0.1, 0.15) is 17.4 Å². The third-order valence-electron chi connectivity index (χ3n) is 3.70. The first kappa shape index (κ1) is 17.9. The van der Waals surface area contributed by atoms with Crippen LogP contribution in [0.1, 0.15) is 23.0 Å². The molecule has 3 aromatic rings. The van der Waals surface area contributed by atoms with Gasteiger partial charge >= 0.3 is 0 Å². The minimum atomic E-state index is -0.515. The molecule has 0 aliphatic carbocycles. The van der Waals surface area contributed by atoms with Crippen LogP contribution in [0.15, 0.2) is 48.5 Å². The van der Waals surface area contributed by atoms with E-state index < -0.39 is 5.91 Å². The molecule has 0 aliphatic heterocycles. The number of halogens is 1. The Hall–Kier alpha value is -3.86. The van der Waals surface area contributed by atoms with E-state index >= 15 is 0 Å². The van der Waals surface area contributed by atoms with Gasteiger partial charge in [0.25, 0.3) is 5.91 Å². The van der Waals surface area contributed by atoms with E-state index in [2.05, 4.69) is 10.4 Å². The highest BCUT2D eigenvalue weighted by Gasteiger charge is 2.16. The van der Waals surface area contributed by atoms with Crippen LogP contribution in [0.25, 0.3) is 5.69 Å². The monoisotopic (exact) mass is 365 g/mol. The van der Waals surface area contributed by atoms with Gasteiger partial charge in [-0.2, -0.15) is 10.4 Å². The second-order valence-corrected chi connectivity index (χ2v) is 5.55. The van der Waals surface area contributed by atoms with Crippen LogP contribution >= 0.6 is 0 Å². The van der Waals surface area contributed by atoms with Crippen LogP contribution in [0, 0.1) is 17.1 Å². The summed E-state index contributed by atoms with van der Waals surface area (Å²) in [5, 5.41) is 15.9. The van der Waals surface area contributed by atoms with Crippen LogP contribution < -0.4 is 15.8 Å². The van der Waals surface area contributed by atoms with Crippen molar-refractivity contribution in [3.05, 3.63) is 65.6 Å². The summed E-state index contributed by atoms with van der Waals surface area (Å²) in [7, 11) is 0. The van der Waals surface area contributed by atoms with E-state index in [0.717, 1.165) is 0 Å². The van der Waals surface area contributed by atoms with Gasteiger partial charge < -0.3 is 15.8 Å². The molecule has 0 fully saturated rings. The fraction of sp³-hybridized carbons (Fsp3) is 0.105. The normalized spacial score (nSPS) is 10.3. The van der Waals surface area contributed by atoms with Gasteiger partial charge in [-0.15, -0.1) is 0 Å². The fourth-order valence-corrected chi connectivity index (χ4v) is 2.46. The number of nitrogens with zero attached hydrogens (tertiary/aromatic N) is 3. The van der Waals surface area contributed by atoms with Crippen LogP contribution in [-0.2, 0) is 0 Å². The molecule has 27 heavy (non-hydrogen) atoms. The highest BCUT2D eigenvalue weighted by Crippen LogP contribution is 2.26. The summed E-state index contributed by atoms with van der Waals surface area (Å²) in [6.45, 7) is 2.22. The van der Waals surface area contributed by atoms with E-state index in [1.807, 2.05) is 13.0 Å². The Bertz CT molecular complexity index is 1020. The summed E-state index contributed by atoms with van der Waals surface area (Å²) in [6.07, 6.45) is 0. The van der Waals surface area contributed by atoms with E-state index in [1.165, 1.54) is 41.1 Å². The zero-order valence-electron chi connectivity index (χ0n) is 14.4. The van der Waals surface area contributed by atoms with Crippen molar-refractivity contribution in [3.8, 4) is 17.5 Å². The molecule has 8 heteroatoms. The van der Waals surface area contributed by atoms with Gasteiger partial charge in [-0.05, 0) is 49.4 Å². The Kier molecular flexibility index (Phi) is 5.04. The molecule has 0 bridgehead atoms. The number of hydrogen-bond acceptors (Lipinski definition) is 5. The van der Waals surface area contributed by atoms with Crippen molar-refractivity contribution >= 4 is 17.4 Å². The molecule has 3 rings (SSSR count). The van der Waals surface area contributed by atoms with Gasteiger partial charge in [-0.1, -0.05) is 0 Å². The van der Waals surface area contributed by atoms with E-state index in [0.29, 0.717) is 29.3 Å². The van der Waals surface area contributed by atoms with Crippen LogP contribution in [0.4, 0.5) is 15.9 Å². The molecule has 0 atom stereocenters. The number of anilines is 2. The molecule has 0 aliphatic rings. The number of amides is 1. The predicted molar refractivity (Wildman–Crippen MR) is 98.2 cm³/mol. The first-order valence-electron chi connectivity index (χ1n) is 8.11. The Morgan fingerprint density at radius 2 is 2.04 bits per heavy atom. The summed E-state index contributed by atoms with van der Waals surface area (Å²) in [5.74, 6) is -0.236. The number of rotatable bonds is 5. The highest BCUT2D eigenvalue weighted by molar-refractivity contribution is 6.04. The molecule has 1 amide bonds. The molecule has 0 saturated heterocycles. The van der Waals surface area contributed by atoms with E-state index in [-0.39, 0.29) is 17.3 Å². The van der Waals surface area contributed by atoms with E-state index in [9.17, 15) is 9.18 Å². The Morgan fingerprint density at radius 3 is 2.70 bits per heavy atom. The van der Waals surface area contributed by atoms with Crippen molar-refractivity contribution in [2.45, 2.75) is 6.92 Å². The van der Waals surface area contributed by atoms with Crippen molar-refractivity contribution in [1.29, 1.82) is 5.26 Å². The number of carbonyl (C=O) groups is 1. The van der Waals surface area contributed by atoms with Crippen LogP contribution in [0.3, 0.4) is 0 Å². The largest absolute Gasteiger partial charge is 0.492 e. The van der Waals surface area contributed by atoms with Crippen LogP contribution in [0.5, 0.6) is 5.75 Å². The van der Waals surface area contributed by atoms with Gasteiger partial charge in [0.2, 0.25) is 0 Å². The van der Waals surface area contributed by atoms with Gasteiger partial charge in [0.05, 0.1) is 29.6 Å². The molecule has 3 N–H and O–H groups in total. The first-order chi connectivity index (χ1) is 13.0. The SMILES string of the molecule is CCOc1ccc(C#N)cc1NC(=O)c1cc(N)n(-c2ccc(F)cc2)n1. The van der Waals surface area contributed by atoms with Crippen LogP contribution in [0.2, 0.25) is 0 Å². The summed E-state index contributed by atoms with van der Waals surface area (Å²) in [5.41, 5.74) is 7.26. The lowest BCUT2D eigenvalue weighted by atomic mass is 10.2. The van der Waals surface area contributed by atoms with Crippen molar-refractivity contribution in [3.63, 3.8) is 0 Å². The van der Waals surface area contributed by atoms with Crippen molar-refractivity contribution in [2.75, 3.05) is 17.7 Å². The maximum Gasteiger partial charge on any atom is 0.276 e. The maximum absolute atomic E-state index is 13.1. The zero-order chi connectivity index (χ0) is 19.4. The second-order valence-electron chi connectivity index (χ2n) is 5.55. The lowest BCUT2D eigenvalue weighted by Crippen LogP contribution is -2.14. The molecule has 1 heterocycles. The molecule has 7 nitrogen and oxygen atoms in total. The number of carbonyl (C=O) groups excluding carboxylic acids is 1. The van der Waals surface area contributed by atoms with Gasteiger partial charge in [-0.3, -0.25) is 4.79 Å². The number of hydrogen-bond donors (Lipinski definition) is 2. The molecular weight excluding hydrogens is 349 g/mol. The molecule has 1 aromatic heterocycles. The van der Waals surface area contributed by atoms with Crippen LogP contribution in [-0.4, -0.2) is 22.3 Å². The van der Waals surface area contributed by atoms with E-state index in [4.69, 9.17) is 15.7 Å². The molecule has 2 aromatic carbocycles. The Morgan fingerprint density at radius 1 is 1.30 bits per heavy atom. The second kappa shape index (κ2) is 7.58.